The molecule has 0 bridgehead atoms. The monoisotopic (exact) mass is 239 g/mol. The molecule has 3 N–H and O–H groups in total. The Bertz CT molecular complexity index is 323. The molecule has 0 unspecified atom stereocenters. The molecule has 0 aliphatic carbocycles. The summed E-state index contributed by atoms with van der Waals surface area (Å²) in [6.45, 7) is 4.28. The number of hydrogen-bond donors (Lipinski definition) is 3. The Morgan fingerprint density at radius 3 is 2.21 bits per heavy atom. The molecule has 0 aromatic carbocycles. The molecule has 1 heterocycles. The quantitative estimate of drug-likeness (QED) is 0.686. The summed E-state index contributed by atoms with van der Waals surface area (Å²) < 4.78 is 31.6. The molecule has 5 nitrogen and oxygen atoms in total. The molecule has 0 spiro atoms. The minimum Gasteiger partial charge on any atom is -0.375 e. The zero-order chi connectivity index (χ0) is 11.2. The fourth-order valence-corrected chi connectivity index (χ4v) is 1.41. The topological polar surface area (TPSA) is 86.6 Å². The van der Waals surface area contributed by atoms with Gasteiger partial charge in [0, 0.05) is 6.04 Å². The highest BCUT2D eigenvalue weighted by Gasteiger charge is 1.92. The van der Waals surface area contributed by atoms with E-state index in [4.69, 9.17) is 17.5 Å². The van der Waals surface area contributed by atoms with Crippen molar-refractivity contribution in [3.05, 3.63) is 17.5 Å². The van der Waals surface area contributed by atoms with Crippen LogP contribution in [0.1, 0.15) is 13.8 Å². The van der Waals surface area contributed by atoms with Crippen molar-refractivity contribution in [1.29, 1.82) is 0 Å². The summed E-state index contributed by atoms with van der Waals surface area (Å²) in [6, 6.07) is 4.68. The lowest BCUT2D eigenvalue weighted by atomic mass is 10.4. The predicted molar refractivity (Wildman–Crippen MR) is 57.3 cm³/mol. The van der Waals surface area contributed by atoms with Gasteiger partial charge in [-0.2, -0.15) is 8.42 Å². The van der Waals surface area contributed by atoms with Crippen LogP contribution in [0, 0.1) is 0 Å². The van der Waals surface area contributed by atoms with E-state index in [-0.39, 0.29) is 0 Å². The van der Waals surface area contributed by atoms with Gasteiger partial charge in [0.15, 0.2) is 0 Å². The van der Waals surface area contributed by atoms with Crippen LogP contribution in [0.15, 0.2) is 17.5 Å². The maximum Gasteiger partial charge on any atom is 0.394 e. The summed E-state index contributed by atoms with van der Waals surface area (Å²) in [5, 5.41) is 6.63. The zero-order valence-corrected chi connectivity index (χ0v) is 9.47. The number of hydrogen-bond acceptors (Lipinski definition) is 4. The van der Waals surface area contributed by atoms with E-state index in [1.165, 1.54) is 5.00 Å². The third-order valence-corrected chi connectivity index (χ3v) is 1.75. The first-order valence-electron chi connectivity index (χ1n) is 3.79. The second kappa shape index (κ2) is 5.97. The summed E-state index contributed by atoms with van der Waals surface area (Å²) >= 11 is 1.74. The standard InChI is InChI=1S/C7H11NS.H2O4S/c1-6(2)8-7-4-3-5-9-7;1-5(2,3)4/h3-6,8H,1-2H3;(H2,1,2,3,4). The van der Waals surface area contributed by atoms with Gasteiger partial charge in [0.1, 0.15) is 0 Å². The first-order chi connectivity index (χ1) is 6.29. The van der Waals surface area contributed by atoms with Crippen molar-refractivity contribution in [2.45, 2.75) is 19.9 Å². The Morgan fingerprint density at radius 1 is 1.43 bits per heavy atom. The Hall–Kier alpha value is -0.630. The summed E-state index contributed by atoms with van der Waals surface area (Å²) in [5.74, 6) is 0. The molecule has 0 amide bonds. The third kappa shape index (κ3) is 11.4. The van der Waals surface area contributed by atoms with Gasteiger partial charge in [-0.15, -0.1) is 11.3 Å². The van der Waals surface area contributed by atoms with E-state index < -0.39 is 10.4 Å². The van der Waals surface area contributed by atoms with Gasteiger partial charge in [-0.05, 0) is 31.4 Å². The van der Waals surface area contributed by atoms with Gasteiger partial charge < -0.3 is 5.32 Å². The molecule has 14 heavy (non-hydrogen) atoms. The molecule has 0 atom stereocenters. The number of thiophene rings is 1. The largest absolute Gasteiger partial charge is 0.394 e. The molecule has 0 saturated heterocycles. The van der Waals surface area contributed by atoms with Crippen molar-refractivity contribution in [3.8, 4) is 0 Å². The fraction of sp³-hybridized carbons (Fsp3) is 0.429. The maximum atomic E-state index is 8.74. The van der Waals surface area contributed by atoms with E-state index in [1.54, 1.807) is 11.3 Å². The number of anilines is 1. The van der Waals surface area contributed by atoms with Crippen molar-refractivity contribution in [2.75, 3.05) is 5.32 Å². The van der Waals surface area contributed by atoms with Crippen LogP contribution in [-0.4, -0.2) is 23.6 Å². The third-order valence-electron chi connectivity index (χ3n) is 0.952. The van der Waals surface area contributed by atoms with E-state index >= 15 is 0 Å². The molecule has 82 valence electrons. The van der Waals surface area contributed by atoms with Crippen molar-refractivity contribution < 1.29 is 17.5 Å². The molecule has 0 fully saturated rings. The van der Waals surface area contributed by atoms with Crippen molar-refractivity contribution >= 4 is 26.7 Å². The van der Waals surface area contributed by atoms with Crippen molar-refractivity contribution in [3.63, 3.8) is 0 Å². The highest BCUT2D eigenvalue weighted by atomic mass is 32.3. The van der Waals surface area contributed by atoms with Crippen LogP contribution in [0.3, 0.4) is 0 Å². The lowest BCUT2D eigenvalue weighted by Crippen LogP contribution is -2.07. The average molecular weight is 239 g/mol. The highest BCUT2D eigenvalue weighted by molar-refractivity contribution is 7.79. The summed E-state index contributed by atoms with van der Waals surface area (Å²) in [4.78, 5) is 0. The van der Waals surface area contributed by atoms with Gasteiger partial charge in [0.2, 0.25) is 0 Å². The van der Waals surface area contributed by atoms with Gasteiger partial charge in [-0.1, -0.05) is 0 Å². The molecular weight excluding hydrogens is 226 g/mol. The van der Waals surface area contributed by atoms with E-state index in [1.807, 2.05) is 0 Å². The molecule has 0 aliphatic heterocycles. The molecular formula is C7H13NO4S2. The smallest absolute Gasteiger partial charge is 0.375 e. The van der Waals surface area contributed by atoms with Crippen LogP contribution in [0.2, 0.25) is 0 Å². The zero-order valence-electron chi connectivity index (χ0n) is 7.84. The molecule has 1 rings (SSSR count). The summed E-state index contributed by atoms with van der Waals surface area (Å²) in [7, 11) is -4.67. The minimum absolute atomic E-state index is 0.545. The number of rotatable bonds is 2. The molecule has 0 saturated carbocycles. The Kier molecular flexibility index (Phi) is 5.70. The van der Waals surface area contributed by atoms with Gasteiger partial charge in [-0.25, -0.2) is 0 Å². The summed E-state index contributed by atoms with van der Waals surface area (Å²) in [5.41, 5.74) is 0. The molecule has 1 aromatic rings. The minimum atomic E-state index is -4.67. The first-order valence-corrected chi connectivity index (χ1v) is 6.06. The lowest BCUT2D eigenvalue weighted by Gasteiger charge is -2.04. The Morgan fingerprint density at radius 2 is 1.93 bits per heavy atom. The van der Waals surface area contributed by atoms with E-state index in [0.29, 0.717) is 6.04 Å². The van der Waals surface area contributed by atoms with Crippen LogP contribution in [0.4, 0.5) is 5.00 Å². The van der Waals surface area contributed by atoms with Crippen molar-refractivity contribution in [2.24, 2.45) is 0 Å². The van der Waals surface area contributed by atoms with E-state index in [2.05, 4.69) is 36.7 Å². The maximum absolute atomic E-state index is 8.74. The predicted octanol–water partition coefficient (Wildman–Crippen LogP) is 1.92. The fourth-order valence-electron chi connectivity index (χ4n) is 0.645. The first kappa shape index (κ1) is 13.4. The van der Waals surface area contributed by atoms with Crippen LogP contribution in [-0.2, 0) is 10.4 Å². The van der Waals surface area contributed by atoms with Gasteiger partial charge in [-0.3, -0.25) is 9.11 Å². The molecule has 0 radical (unpaired) electrons. The van der Waals surface area contributed by atoms with Gasteiger partial charge in [0.05, 0.1) is 5.00 Å². The molecule has 1 aromatic heterocycles. The molecule has 7 heteroatoms. The van der Waals surface area contributed by atoms with Gasteiger partial charge >= 0.3 is 10.4 Å². The SMILES string of the molecule is CC(C)Nc1cccs1.O=S(=O)(O)O. The Balaban J connectivity index is 0.000000292. The van der Waals surface area contributed by atoms with Gasteiger partial charge in [0.25, 0.3) is 0 Å². The van der Waals surface area contributed by atoms with Crippen molar-refractivity contribution in [1.82, 2.24) is 0 Å². The van der Waals surface area contributed by atoms with E-state index in [9.17, 15) is 0 Å². The average Bonchev–Trinajstić information content (AvgIpc) is 2.33. The second-order valence-corrected chi connectivity index (χ2v) is 4.57. The summed E-state index contributed by atoms with van der Waals surface area (Å²) in [6.07, 6.45) is 0. The number of nitrogens with one attached hydrogen (secondary N) is 1. The van der Waals surface area contributed by atoms with Crippen LogP contribution < -0.4 is 5.32 Å². The van der Waals surface area contributed by atoms with E-state index in [0.717, 1.165) is 0 Å². The van der Waals surface area contributed by atoms with Crippen LogP contribution >= 0.6 is 11.3 Å². The highest BCUT2D eigenvalue weighted by Crippen LogP contribution is 2.15. The Labute approximate surface area is 87.4 Å². The van der Waals surface area contributed by atoms with Crippen LogP contribution in [0.25, 0.3) is 0 Å². The molecule has 0 aliphatic rings. The van der Waals surface area contributed by atoms with Crippen LogP contribution in [0.5, 0.6) is 0 Å². The lowest BCUT2D eigenvalue weighted by molar-refractivity contribution is 0.381. The second-order valence-electron chi connectivity index (χ2n) is 2.72. The normalized spacial score (nSPS) is 10.6.